The molecule has 2 aromatic rings. The van der Waals surface area contributed by atoms with E-state index in [-0.39, 0.29) is 6.61 Å². The van der Waals surface area contributed by atoms with Crippen LogP contribution in [-0.4, -0.2) is 17.6 Å². The van der Waals surface area contributed by atoms with Gasteiger partial charge in [-0.1, -0.05) is 18.2 Å². The van der Waals surface area contributed by atoms with Crippen molar-refractivity contribution in [3.63, 3.8) is 0 Å². The Hall–Kier alpha value is -2.37. The van der Waals surface area contributed by atoms with Gasteiger partial charge in [0.05, 0.1) is 29.5 Å². The number of rotatable bonds is 4. The second kappa shape index (κ2) is 6.81. The lowest BCUT2D eigenvalue weighted by Crippen LogP contribution is -2.14. The zero-order valence-corrected chi connectivity index (χ0v) is 12.7. The zero-order chi connectivity index (χ0) is 17.0. The Morgan fingerprint density at radius 2 is 1.91 bits per heavy atom. The van der Waals surface area contributed by atoms with Gasteiger partial charge in [0.1, 0.15) is 0 Å². The summed E-state index contributed by atoms with van der Waals surface area (Å²) >= 11 is 0. The number of ether oxygens (including phenoxy) is 1. The van der Waals surface area contributed by atoms with Gasteiger partial charge >= 0.3 is 12.1 Å². The fourth-order valence-corrected chi connectivity index (χ4v) is 2.10. The summed E-state index contributed by atoms with van der Waals surface area (Å²) in [6, 6.07) is 9.86. The molecule has 2 rings (SSSR count). The van der Waals surface area contributed by atoms with Crippen LogP contribution in [0.15, 0.2) is 42.5 Å². The Labute approximate surface area is 132 Å². The summed E-state index contributed by atoms with van der Waals surface area (Å²) in [5.41, 5.74) is 0.446. The topological polar surface area (TPSA) is 39.2 Å². The zero-order valence-electron chi connectivity index (χ0n) is 12.7. The summed E-state index contributed by atoms with van der Waals surface area (Å²) in [5.74, 6) is -0.998. The van der Waals surface area contributed by atoms with Gasteiger partial charge in [0.25, 0.3) is 0 Å². The van der Waals surface area contributed by atoms with Crippen molar-refractivity contribution >= 4 is 5.97 Å². The largest absolute Gasteiger partial charge is 0.465 e. The Bertz CT molecular complexity index is 698. The van der Waals surface area contributed by atoms with Crippen LogP contribution in [0.5, 0.6) is 0 Å². The molecule has 0 radical (unpaired) electrons. The number of carbonyl (C=O) groups is 1. The molecule has 1 unspecified atom stereocenters. The molecule has 0 saturated heterocycles. The SMILES string of the molecule is CCOC(=O)C(C)c1cccc(-c2cccc(C(F)(F)F)c2)n1. The Morgan fingerprint density at radius 3 is 2.57 bits per heavy atom. The van der Waals surface area contributed by atoms with Crippen LogP contribution in [0.25, 0.3) is 11.3 Å². The maximum Gasteiger partial charge on any atom is 0.416 e. The molecule has 1 aromatic carbocycles. The van der Waals surface area contributed by atoms with E-state index in [1.54, 1.807) is 38.1 Å². The van der Waals surface area contributed by atoms with Crippen LogP contribution in [0.4, 0.5) is 13.2 Å². The minimum Gasteiger partial charge on any atom is -0.465 e. The molecule has 23 heavy (non-hydrogen) atoms. The average molecular weight is 323 g/mol. The van der Waals surface area contributed by atoms with E-state index in [0.717, 1.165) is 12.1 Å². The predicted molar refractivity (Wildman–Crippen MR) is 79.7 cm³/mol. The molecule has 1 heterocycles. The number of pyridine rings is 1. The molecule has 0 bridgehead atoms. The molecule has 0 saturated carbocycles. The summed E-state index contributed by atoms with van der Waals surface area (Å²) in [7, 11) is 0. The highest BCUT2D eigenvalue weighted by atomic mass is 19.4. The summed E-state index contributed by atoms with van der Waals surface area (Å²) in [6.45, 7) is 3.61. The van der Waals surface area contributed by atoms with E-state index in [2.05, 4.69) is 4.98 Å². The minimum atomic E-state index is -4.41. The van der Waals surface area contributed by atoms with Gasteiger partial charge in [-0.05, 0) is 38.1 Å². The summed E-state index contributed by atoms with van der Waals surface area (Å²) < 4.78 is 43.3. The fraction of sp³-hybridized carbons (Fsp3) is 0.294. The van der Waals surface area contributed by atoms with Gasteiger partial charge < -0.3 is 4.74 Å². The number of benzene rings is 1. The highest BCUT2D eigenvalue weighted by Gasteiger charge is 2.30. The lowest BCUT2D eigenvalue weighted by Gasteiger charge is -2.12. The third kappa shape index (κ3) is 4.09. The second-order valence-electron chi connectivity index (χ2n) is 5.00. The van der Waals surface area contributed by atoms with Crippen molar-refractivity contribution in [3.8, 4) is 11.3 Å². The normalized spacial score (nSPS) is 12.7. The molecule has 0 aliphatic rings. The van der Waals surface area contributed by atoms with Gasteiger partial charge in [0.15, 0.2) is 0 Å². The van der Waals surface area contributed by atoms with Gasteiger partial charge in [0.2, 0.25) is 0 Å². The molecular formula is C17H16F3NO2. The third-order valence-electron chi connectivity index (χ3n) is 3.34. The smallest absolute Gasteiger partial charge is 0.416 e. The van der Waals surface area contributed by atoms with Crippen LogP contribution in [0.2, 0.25) is 0 Å². The first-order chi connectivity index (χ1) is 10.8. The van der Waals surface area contributed by atoms with Crippen LogP contribution in [0, 0.1) is 0 Å². The molecular weight excluding hydrogens is 307 g/mol. The predicted octanol–water partition coefficient (Wildman–Crippen LogP) is 4.43. The third-order valence-corrected chi connectivity index (χ3v) is 3.34. The maximum atomic E-state index is 12.8. The number of esters is 1. The Kier molecular flexibility index (Phi) is 5.03. The summed E-state index contributed by atoms with van der Waals surface area (Å²) in [5, 5.41) is 0. The van der Waals surface area contributed by atoms with Crippen molar-refractivity contribution < 1.29 is 22.7 Å². The van der Waals surface area contributed by atoms with E-state index in [0.29, 0.717) is 17.0 Å². The minimum absolute atomic E-state index is 0.260. The first kappa shape index (κ1) is 17.0. The number of hydrogen-bond acceptors (Lipinski definition) is 3. The first-order valence-electron chi connectivity index (χ1n) is 7.14. The molecule has 1 atom stereocenters. The van der Waals surface area contributed by atoms with Crippen molar-refractivity contribution in [2.24, 2.45) is 0 Å². The molecule has 0 aliphatic heterocycles. The van der Waals surface area contributed by atoms with Gasteiger partial charge in [-0.3, -0.25) is 9.78 Å². The summed E-state index contributed by atoms with van der Waals surface area (Å²) in [4.78, 5) is 16.1. The van der Waals surface area contributed by atoms with Crippen molar-refractivity contribution in [2.75, 3.05) is 6.61 Å². The average Bonchev–Trinajstić information content (AvgIpc) is 2.54. The molecule has 0 aliphatic carbocycles. The lowest BCUT2D eigenvalue weighted by atomic mass is 10.0. The second-order valence-corrected chi connectivity index (χ2v) is 5.00. The lowest BCUT2D eigenvalue weighted by molar-refractivity contribution is -0.144. The Balaban J connectivity index is 2.35. The van der Waals surface area contributed by atoms with Gasteiger partial charge in [-0.15, -0.1) is 0 Å². The maximum absolute atomic E-state index is 12.8. The molecule has 6 heteroatoms. The van der Waals surface area contributed by atoms with Crippen molar-refractivity contribution in [3.05, 3.63) is 53.7 Å². The number of halogens is 3. The van der Waals surface area contributed by atoms with Crippen LogP contribution in [-0.2, 0) is 15.7 Å². The highest BCUT2D eigenvalue weighted by molar-refractivity contribution is 5.77. The quantitative estimate of drug-likeness (QED) is 0.781. The van der Waals surface area contributed by atoms with Crippen molar-refractivity contribution in [2.45, 2.75) is 25.9 Å². The van der Waals surface area contributed by atoms with Crippen LogP contribution < -0.4 is 0 Å². The monoisotopic (exact) mass is 323 g/mol. The standard InChI is InChI=1S/C17H16F3NO2/c1-3-23-16(22)11(2)14-8-5-9-15(21-14)12-6-4-7-13(10-12)17(18,19)20/h4-11H,3H2,1-2H3. The van der Waals surface area contributed by atoms with Crippen LogP contribution in [0.3, 0.4) is 0 Å². The highest BCUT2D eigenvalue weighted by Crippen LogP contribution is 2.32. The van der Waals surface area contributed by atoms with E-state index in [9.17, 15) is 18.0 Å². The number of nitrogens with zero attached hydrogens (tertiary/aromatic N) is 1. The van der Waals surface area contributed by atoms with Crippen LogP contribution >= 0.6 is 0 Å². The number of aromatic nitrogens is 1. The van der Waals surface area contributed by atoms with E-state index in [1.807, 2.05) is 0 Å². The van der Waals surface area contributed by atoms with Crippen molar-refractivity contribution in [1.29, 1.82) is 0 Å². The number of alkyl halides is 3. The van der Waals surface area contributed by atoms with E-state index >= 15 is 0 Å². The van der Waals surface area contributed by atoms with Crippen LogP contribution in [0.1, 0.15) is 31.0 Å². The fourth-order valence-electron chi connectivity index (χ4n) is 2.10. The molecule has 3 nitrogen and oxygen atoms in total. The number of carbonyl (C=O) groups excluding carboxylic acids is 1. The first-order valence-corrected chi connectivity index (χ1v) is 7.14. The molecule has 1 aromatic heterocycles. The molecule has 0 spiro atoms. The van der Waals surface area contributed by atoms with E-state index in [1.165, 1.54) is 6.07 Å². The Morgan fingerprint density at radius 1 is 1.22 bits per heavy atom. The van der Waals surface area contributed by atoms with E-state index < -0.39 is 23.6 Å². The molecule has 0 N–H and O–H groups in total. The molecule has 0 amide bonds. The summed E-state index contributed by atoms with van der Waals surface area (Å²) in [6.07, 6.45) is -4.41. The molecule has 122 valence electrons. The molecule has 0 fully saturated rings. The number of hydrogen-bond donors (Lipinski definition) is 0. The van der Waals surface area contributed by atoms with Gasteiger partial charge in [-0.25, -0.2) is 0 Å². The van der Waals surface area contributed by atoms with Gasteiger partial charge in [0, 0.05) is 5.56 Å². The van der Waals surface area contributed by atoms with Crippen molar-refractivity contribution in [1.82, 2.24) is 4.98 Å². The van der Waals surface area contributed by atoms with Gasteiger partial charge in [-0.2, -0.15) is 13.2 Å². The van der Waals surface area contributed by atoms with E-state index in [4.69, 9.17) is 4.74 Å².